The van der Waals surface area contributed by atoms with Gasteiger partial charge in [-0.3, -0.25) is 0 Å². The monoisotopic (exact) mass is 304 g/mol. The Morgan fingerprint density at radius 2 is 2.09 bits per heavy atom. The van der Waals surface area contributed by atoms with Crippen molar-refractivity contribution in [3.8, 4) is 0 Å². The van der Waals surface area contributed by atoms with Gasteiger partial charge in [0, 0.05) is 25.0 Å². The fourth-order valence-corrected chi connectivity index (χ4v) is 2.80. The SMILES string of the molecule is CCCC1CN(C(=O)NCC(C)(C)c2ccccc2)CCO1. The van der Waals surface area contributed by atoms with Crippen LogP contribution in [0.1, 0.15) is 39.2 Å². The van der Waals surface area contributed by atoms with Crippen LogP contribution >= 0.6 is 0 Å². The number of carbonyl (C=O) groups excluding carboxylic acids is 1. The molecule has 1 N–H and O–H groups in total. The van der Waals surface area contributed by atoms with Gasteiger partial charge in [-0.15, -0.1) is 0 Å². The average molecular weight is 304 g/mol. The van der Waals surface area contributed by atoms with Crippen molar-refractivity contribution in [1.29, 1.82) is 0 Å². The number of amides is 2. The molecule has 2 rings (SSSR count). The Labute approximate surface area is 133 Å². The first kappa shape index (κ1) is 16.8. The molecular weight excluding hydrogens is 276 g/mol. The number of hydrogen-bond acceptors (Lipinski definition) is 2. The summed E-state index contributed by atoms with van der Waals surface area (Å²) in [5.41, 5.74) is 1.16. The maximum Gasteiger partial charge on any atom is 0.317 e. The largest absolute Gasteiger partial charge is 0.375 e. The van der Waals surface area contributed by atoms with E-state index in [1.165, 1.54) is 5.56 Å². The van der Waals surface area contributed by atoms with Crippen molar-refractivity contribution >= 4 is 6.03 Å². The second-order valence-electron chi connectivity index (χ2n) is 6.64. The van der Waals surface area contributed by atoms with Crippen LogP contribution in [0.25, 0.3) is 0 Å². The topological polar surface area (TPSA) is 41.6 Å². The molecule has 1 aromatic rings. The third-order valence-electron chi connectivity index (χ3n) is 4.27. The van der Waals surface area contributed by atoms with Gasteiger partial charge in [-0.25, -0.2) is 4.79 Å². The summed E-state index contributed by atoms with van der Waals surface area (Å²) < 4.78 is 5.69. The Bertz CT molecular complexity index is 471. The zero-order valence-corrected chi connectivity index (χ0v) is 14.0. The summed E-state index contributed by atoms with van der Waals surface area (Å²) in [6, 6.07) is 10.3. The molecule has 1 fully saturated rings. The van der Waals surface area contributed by atoms with Crippen LogP contribution < -0.4 is 5.32 Å². The van der Waals surface area contributed by atoms with Gasteiger partial charge in [0.15, 0.2) is 0 Å². The first-order valence-corrected chi connectivity index (χ1v) is 8.23. The molecule has 0 bridgehead atoms. The van der Waals surface area contributed by atoms with Crippen LogP contribution in [0.3, 0.4) is 0 Å². The van der Waals surface area contributed by atoms with E-state index in [4.69, 9.17) is 4.74 Å². The molecule has 1 aliphatic heterocycles. The normalized spacial score (nSPS) is 19.0. The van der Waals surface area contributed by atoms with Crippen LogP contribution in [0, 0.1) is 0 Å². The molecule has 0 aliphatic carbocycles. The molecule has 0 radical (unpaired) electrons. The summed E-state index contributed by atoms with van der Waals surface area (Å²) in [6.45, 7) is 9.10. The first-order valence-electron chi connectivity index (χ1n) is 8.23. The molecule has 1 heterocycles. The highest BCUT2D eigenvalue weighted by Crippen LogP contribution is 2.21. The molecular formula is C18H28N2O2. The van der Waals surface area contributed by atoms with Crippen molar-refractivity contribution in [3.63, 3.8) is 0 Å². The third-order valence-corrected chi connectivity index (χ3v) is 4.27. The number of carbonyl (C=O) groups is 1. The number of nitrogens with one attached hydrogen (secondary N) is 1. The fourth-order valence-electron chi connectivity index (χ4n) is 2.80. The molecule has 1 atom stereocenters. The number of nitrogens with zero attached hydrogens (tertiary/aromatic N) is 1. The van der Waals surface area contributed by atoms with Gasteiger partial charge in [0.1, 0.15) is 0 Å². The lowest BCUT2D eigenvalue weighted by Gasteiger charge is -2.34. The Kier molecular flexibility index (Phi) is 5.83. The van der Waals surface area contributed by atoms with Crippen LogP contribution in [0.2, 0.25) is 0 Å². The summed E-state index contributed by atoms with van der Waals surface area (Å²) in [7, 11) is 0. The average Bonchev–Trinajstić information content (AvgIpc) is 2.54. The van der Waals surface area contributed by atoms with Gasteiger partial charge in [0.25, 0.3) is 0 Å². The van der Waals surface area contributed by atoms with Gasteiger partial charge in [-0.1, -0.05) is 57.5 Å². The van der Waals surface area contributed by atoms with Crippen molar-refractivity contribution in [1.82, 2.24) is 10.2 Å². The number of ether oxygens (including phenoxy) is 1. The number of rotatable bonds is 5. The standard InChI is InChI=1S/C18H28N2O2/c1-4-8-16-13-20(11-12-22-16)17(21)19-14-18(2,3)15-9-6-5-7-10-15/h5-7,9-10,16H,4,8,11-14H2,1-3H3,(H,19,21). The molecule has 2 amide bonds. The number of hydrogen-bond donors (Lipinski definition) is 1. The minimum Gasteiger partial charge on any atom is -0.375 e. The lowest BCUT2D eigenvalue weighted by Crippen LogP contribution is -2.51. The Hall–Kier alpha value is -1.55. The molecule has 1 aliphatic rings. The van der Waals surface area contributed by atoms with Crippen LogP contribution in [-0.4, -0.2) is 43.3 Å². The minimum absolute atomic E-state index is 0.0217. The van der Waals surface area contributed by atoms with Crippen molar-refractivity contribution in [2.24, 2.45) is 0 Å². The highest BCUT2D eigenvalue weighted by Gasteiger charge is 2.26. The maximum absolute atomic E-state index is 12.4. The zero-order valence-electron chi connectivity index (χ0n) is 14.0. The predicted octanol–water partition coefficient (Wildman–Crippen LogP) is 3.17. The molecule has 4 nitrogen and oxygen atoms in total. The van der Waals surface area contributed by atoms with E-state index < -0.39 is 0 Å². The summed E-state index contributed by atoms with van der Waals surface area (Å²) in [5.74, 6) is 0. The van der Waals surface area contributed by atoms with E-state index in [9.17, 15) is 4.79 Å². The van der Waals surface area contributed by atoms with Gasteiger partial charge in [0.2, 0.25) is 0 Å². The van der Waals surface area contributed by atoms with Crippen molar-refractivity contribution in [2.75, 3.05) is 26.2 Å². The Morgan fingerprint density at radius 3 is 2.77 bits per heavy atom. The van der Waals surface area contributed by atoms with E-state index in [1.54, 1.807) is 0 Å². The molecule has 22 heavy (non-hydrogen) atoms. The predicted molar refractivity (Wildman–Crippen MR) is 89.1 cm³/mol. The molecule has 1 saturated heterocycles. The number of morpholine rings is 1. The summed E-state index contributed by atoms with van der Waals surface area (Å²) in [6.07, 6.45) is 2.28. The fraction of sp³-hybridized carbons (Fsp3) is 0.611. The van der Waals surface area contributed by atoms with Crippen molar-refractivity contribution < 1.29 is 9.53 Å². The zero-order chi connectivity index (χ0) is 16.0. The van der Waals surface area contributed by atoms with Gasteiger partial charge >= 0.3 is 6.03 Å². The number of urea groups is 1. The Morgan fingerprint density at radius 1 is 1.36 bits per heavy atom. The smallest absolute Gasteiger partial charge is 0.317 e. The molecule has 4 heteroatoms. The van der Waals surface area contributed by atoms with Crippen LogP contribution in [0.5, 0.6) is 0 Å². The van der Waals surface area contributed by atoms with E-state index >= 15 is 0 Å². The van der Waals surface area contributed by atoms with E-state index in [0.29, 0.717) is 26.2 Å². The Balaban J connectivity index is 1.87. The molecule has 0 aromatic heterocycles. The number of benzene rings is 1. The quantitative estimate of drug-likeness (QED) is 0.908. The highest BCUT2D eigenvalue weighted by atomic mass is 16.5. The van der Waals surface area contributed by atoms with Gasteiger partial charge in [0.05, 0.1) is 12.7 Å². The molecule has 0 spiro atoms. The lowest BCUT2D eigenvalue weighted by atomic mass is 9.85. The van der Waals surface area contributed by atoms with Gasteiger partial charge < -0.3 is 15.0 Å². The van der Waals surface area contributed by atoms with E-state index in [0.717, 1.165) is 12.8 Å². The van der Waals surface area contributed by atoms with E-state index in [-0.39, 0.29) is 17.6 Å². The van der Waals surface area contributed by atoms with Crippen molar-refractivity contribution in [3.05, 3.63) is 35.9 Å². The van der Waals surface area contributed by atoms with E-state index in [1.807, 2.05) is 23.1 Å². The van der Waals surface area contributed by atoms with Crippen LogP contribution in [0.4, 0.5) is 4.79 Å². The third kappa shape index (κ3) is 4.47. The lowest BCUT2D eigenvalue weighted by molar-refractivity contribution is -0.0182. The highest BCUT2D eigenvalue weighted by molar-refractivity contribution is 5.74. The van der Waals surface area contributed by atoms with Crippen LogP contribution in [0.15, 0.2) is 30.3 Å². The molecule has 1 unspecified atom stereocenters. The minimum atomic E-state index is -0.0774. The van der Waals surface area contributed by atoms with Gasteiger partial charge in [-0.05, 0) is 12.0 Å². The second-order valence-corrected chi connectivity index (χ2v) is 6.64. The molecule has 122 valence electrons. The van der Waals surface area contributed by atoms with E-state index in [2.05, 4.69) is 38.2 Å². The second kappa shape index (κ2) is 7.63. The van der Waals surface area contributed by atoms with Crippen LogP contribution in [-0.2, 0) is 10.2 Å². The molecule has 0 saturated carbocycles. The van der Waals surface area contributed by atoms with Gasteiger partial charge in [-0.2, -0.15) is 0 Å². The maximum atomic E-state index is 12.4. The van der Waals surface area contributed by atoms with Crippen molar-refractivity contribution in [2.45, 2.75) is 45.1 Å². The molecule has 1 aromatic carbocycles. The summed E-state index contributed by atoms with van der Waals surface area (Å²) in [5, 5.41) is 3.09. The first-order chi connectivity index (χ1) is 10.5. The summed E-state index contributed by atoms with van der Waals surface area (Å²) >= 11 is 0. The summed E-state index contributed by atoms with van der Waals surface area (Å²) in [4.78, 5) is 14.3.